The minimum Gasteiger partial charge on any atom is -0.508 e. The van der Waals surface area contributed by atoms with Gasteiger partial charge in [0.25, 0.3) is 5.91 Å². The molecule has 8 heteroatoms. The van der Waals surface area contributed by atoms with Crippen molar-refractivity contribution in [3.63, 3.8) is 0 Å². The van der Waals surface area contributed by atoms with Crippen molar-refractivity contribution >= 4 is 11.6 Å². The van der Waals surface area contributed by atoms with Gasteiger partial charge < -0.3 is 29.9 Å². The van der Waals surface area contributed by atoms with Crippen LogP contribution in [0.5, 0.6) is 17.2 Å². The maximum absolute atomic E-state index is 13.5. The van der Waals surface area contributed by atoms with Crippen LogP contribution < -0.4 is 10.1 Å². The second-order valence-corrected chi connectivity index (χ2v) is 8.30. The SMILES string of the molecule is O=C(c1c(O)cc(O)cc1OCc1cccnc1)N1Cc2cccc(NC3CCOC3)c2C1. The van der Waals surface area contributed by atoms with E-state index in [-0.39, 0.29) is 41.4 Å². The maximum Gasteiger partial charge on any atom is 0.262 e. The van der Waals surface area contributed by atoms with Crippen LogP contribution in [0.2, 0.25) is 0 Å². The molecule has 2 aliphatic rings. The summed E-state index contributed by atoms with van der Waals surface area (Å²) >= 11 is 0. The topological polar surface area (TPSA) is 104 Å². The molecule has 0 saturated carbocycles. The summed E-state index contributed by atoms with van der Waals surface area (Å²) in [6, 6.07) is 12.4. The van der Waals surface area contributed by atoms with Gasteiger partial charge in [-0.25, -0.2) is 0 Å². The van der Waals surface area contributed by atoms with Crippen LogP contribution in [-0.2, 0) is 24.4 Å². The van der Waals surface area contributed by atoms with Gasteiger partial charge in [-0.05, 0) is 29.7 Å². The van der Waals surface area contributed by atoms with E-state index in [1.807, 2.05) is 24.3 Å². The van der Waals surface area contributed by atoms with Gasteiger partial charge in [0, 0.05) is 55.5 Å². The molecule has 1 saturated heterocycles. The fourth-order valence-corrected chi connectivity index (χ4v) is 4.29. The number of aromatic nitrogens is 1. The van der Waals surface area contributed by atoms with Crippen LogP contribution in [0.3, 0.4) is 0 Å². The molecule has 3 aromatic rings. The number of amides is 1. The number of carbonyl (C=O) groups is 1. The number of hydrogen-bond donors (Lipinski definition) is 3. The Labute approximate surface area is 191 Å². The predicted molar refractivity (Wildman–Crippen MR) is 121 cm³/mol. The average Bonchev–Trinajstić information content (AvgIpc) is 3.48. The second-order valence-electron chi connectivity index (χ2n) is 8.30. The summed E-state index contributed by atoms with van der Waals surface area (Å²) in [6.07, 6.45) is 4.27. The van der Waals surface area contributed by atoms with Crippen molar-refractivity contribution < 1.29 is 24.5 Å². The molecule has 8 nitrogen and oxygen atoms in total. The van der Waals surface area contributed by atoms with Crippen molar-refractivity contribution in [2.75, 3.05) is 18.5 Å². The van der Waals surface area contributed by atoms with E-state index < -0.39 is 0 Å². The number of hydrogen-bond acceptors (Lipinski definition) is 7. The third-order valence-corrected chi connectivity index (χ3v) is 5.96. The Kier molecular flexibility index (Phi) is 5.75. The van der Waals surface area contributed by atoms with Crippen LogP contribution in [0.4, 0.5) is 5.69 Å². The molecule has 0 spiro atoms. The fourth-order valence-electron chi connectivity index (χ4n) is 4.29. The third-order valence-electron chi connectivity index (χ3n) is 5.96. The zero-order valence-corrected chi connectivity index (χ0v) is 18.0. The van der Waals surface area contributed by atoms with E-state index in [0.29, 0.717) is 19.7 Å². The van der Waals surface area contributed by atoms with Gasteiger partial charge in [0.15, 0.2) is 0 Å². The van der Waals surface area contributed by atoms with Crippen LogP contribution in [0, 0.1) is 0 Å². The summed E-state index contributed by atoms with van der Waals surface area (Å²) in [5.74, 6) is -0.738. The molecule has 2 aliphatic heterocycles. The molecule has 1 unspecified atom stereocenters. The van der Waals surface area contributed by atoms with E-state index in [1.165, 1.54) is 6.07 Å². The van der Waals surface area contributed by atoms with Gasteiger partial charge in [-0.15, -0.1) is 0 Å². The highest BCUT2D eigenvalue weighted by molar-refractivity contribution is 6.00. The molecule has 0 aliphatic carbocycles. The molecule has 2 aromatic carbocycles. The molecule has 0 bridgehead atoms. The van der Waals surface area contributed by atoms with Crippen LogP contribution in [0.1, 0.15) is 33.5 Å². The number of nitrogens with one attached hydrogen (secondary N) is 1. The number of ether oxygens (including phenoxy) is 2. The standard InChI is InChI=1S/C25H25N3O5/c29-19-9-22(30)24(23(10-19)33-14-16-3-2-7-26-11-16)25(31)28-12-17-4-1-5-21(20(17)13-28)27-18-6-8-32-15-18/h1-5,7,9-11,18,27,29-30H,6,8,12-15H2. The highest BCUT2D eigenvalue weighted by atomic mass is 16.5. The first-order valence-electron chi connectivity index (χ1n) is 10.9. The van der Waals surface area contributed by atoms with E-state index in [9.17, 15) is 15.0 Å². The number of nitrogens with zero attached hydrogens (tertiary/aromatic N) is 2. The van der Waals surface area contributed by atoms with Crippen molar-refractivity contribution in [3.05, 3.63) is 77.1 Å². The maximum atomic E-state index is 13.5. The normalized spacial score (nSPS) is 17.1. The molecule has 1 amide bonds. The molecular formula is C25H25N3O5. The van der Waals surface area contributed by atoms with E-state index in [4.69, 9.17) is 9.47 Å². The molecule has 1 atom stereocenters. The number of rotatable bonds is 6. The van der Waals surface area contributed by atoms with Crippen LogP contribution in [0.25, 0.3) is 0 Å². The summed E-state index contributed by atoms with van der Waals surface area (Å²) in [6.45, 7) is 2.40. The smallest absolute Gasteiger partial charge is 0.262 e. The molecule has 5 rings (SSSR count). The predicted octanol–water partition coefficient (Wildman–Crippen LogP) is 3.43. The lowest BCUT2D eigenvalue weighted by atomic mass is 10.1. The lowest BCUT2D eigenvalue weighted by molar-refractivity contribution is 0.0743. The van der Waals surface area contributed by atoms with Gasteiger partial charge >= 0.3 is 0 Å². The molecule has 33 heavy (non-hydrogen) atoms. The minimum absolute atomic E-state index is 0.0307. The highest BCUT2D eigenvalue weighted by Crippen LogP contribution is 2.37. The fraction of sp³-hybridized carbons (Fsp3) is 0.280. The largest absolute Gasteiger partial charge is 0.508 e. The summed E-state index contributed by atoms with van der Waals surface area (Å²) < 4.78 is 11.3. The van der Waals surface area contributed by atoms with Crippen LogP contribution >= 0.6 is 0 Å². The summed E-state index contributed by atoms with van der Waals surface area (Å²) in [7, 11) is 0. The summed E-state index contributed by atoms with van der Waals surface area (Å²) in [4.78, 5) is 19.2. The monoisotopic (exact) mass is 447 g/mol. The molecule has 1 fully saturated rings. The van der Waals surface area contributed by atoms with Crippen molar-refractivity contribution in [2.24, 2.45) is 0 Å². The zero-order chi connectivity index (χ0) is 22.8. The minimum atomic E-state index is -0.361. The zero-order valence-electron chi connectivity index (χ0n) is 18.0. The van der Waals surface area contributed by atoms with E-state index in [2.05, 4.69) is 10.3 Å². The number of anilines is 1. The highest BCUT2D eigenvalue weighted by Gasteiger charge is 2.31. The van der Waals surface area contributed by atoms with Gasteiger partial charge in [-0.3, -0.25) is 9.78 Å². The van der Waals surface area contributed by atoms with Crippen LogP contribution in [-0.4, -0.2) is 45.3 Å². The van der Waals surface area contributed by atoms with Gasteiger partial charge in [0.1, 0.15) is 29.4 Å². The van der Waals surface area contributed by atoms with E-state index in [0.717, 1.165) is 41.5 Å². The molecule has 3 N–H and O–H groups in total. The van der Waals surface area contributed by atoms with Crippen molar-refractivity contribution in [1.29, 1.82) is 0 Å². The van der Waals surface area contributed by atoms with Crippen molar-refractivity contribution in [3.8, 4) is 17.2 Å². The van der Waals surface area contributed by atoms with E-state index >= 15 is 0 Å². The number of benzene rings is 2. The second kappa shape index (κ2) is 8.99. The Hall–Kier alpha value is -3.78. The van der Waals surface area contributed by atoms with Gasteiger partial charge in [-0.2, -0.15) is 0 Å². The number of pyridine rings is 1. The Morgan fingerprint density at radius 1 is 1.21 bits per heavy atom. The van der Waals surface area contributed by atoms with Gasteiger partial charge in [0.2, 0.25) is 0 Å². The Morgan fingerprint density at radius 3 is 2.91 bits per heavy atom. The molecule has 3 heterocycles. The Morgan fingerprint density at radius 2 is 2.12 bits per heavy atom. The van der Waals surface area contributed by atoms with Gasteiger partial charge in [-0.1, -0.05) is 18.2 Å². The average molecular weight is 447 g/mol. The molecule has 0 radical (unpaired) electrons. The first-order valence-corrected chi connectivity index (χ1v) is 10.9. The molecule has 1 aromatic heterocycles. The summed E-state index contributed by atoms with van der Waals surface area (Å²) in [5, 5.41) is 24.0. The number of phenols is 2. The number of carbonyl (C=O) groups excluding carboxylic acids is 1. The van der Waals surface area contributed by atoms with Crippen molar-refractivity contribution in [2.45, 2.75) is 32.2 Å². The number of aromatic hydroxyl groups is 2. The summed E-state index contributed by atoms with van der Waals surface area (Å²) in [5.41, 5.74) is 3.96. The third kappa shape index (κ3) is 4.42. The first-order chi connectivity index (χ1) is 16.1. The quantitative estimate of drug-likeness (QED) is 0.532. The number of phenolic OH excluding ortho intramolecular Hbond substituents is 2. The van der Waals surface area contributed by atoms with E-state index in [1.54, 1.807) is 23.4 Å². The Balaban J connectivity index is 1.38. The lowest BCUT2D eigenvalue weighted by Crippen LogP contribution is -2.26. The first kappa shape index (κ1) is 21.1. The number of fused-ring (bicyclic) bond motifs is 1. The van der Waals surface area contributed by atoms with Gasteiger partial charge in [0.05, 0.1) is 12.6 Å². The Bertz CT molecular complexity index is 1160. The van der Waals surface area contributed by atoms with Crippen molar-refractivity contribution in [1.82, 2.24) is 9.88 Å². The molecule has 170 valence electrons. The lowest BCUT2D eigenvalue weighted by Gasteiger charge is -2.20. The van der Waals surface area contributed by atoms with Crippen LogP contribution in [0.15, 0.2) is 54.9 Å². The molecular weight excluding hydrogens is 422 g/mol.